The van der Waals surface area contributed by atoms with Gasteiger partial charge in [-0.25, -0.2) is 8.78 Å². The lowest BCUT2D eigenvalue weighted by Gasteiger charge is -2.42. The third-order valence-corrected chi connectivity index (χ3v) is 8.25. The summed E-state index contributed by atoms with van der Waals surface area (Å²) in [5.41, 5.74) is 0.294. The Morgan fingerprint density at radius 1 is 0.872 bits per heavy atom. The molecule has 1 aliphatic heterocycles. The number of hydrogen-bond acceptors (Lipinski definition) is 4. The quantitative estimate of drug-likeness (QED) is 0.305. The van der Waals surface area contributed by atoms with Gasteiger partial charge in [0.15, 0.2) is 0 Å². The highest BCUT2D eigenvalue weighted by Crippen LogP contribution is 2.42. The van der Waals surface area contributed by atoms with Gasteiger partial charge in [-0.3, -0.25) is 4.79 Å². The molecule has 4 rings (SSSR count). The molecule has 3 aromatic rings. The van der Waals surface area contributed by atoms with Crippen LogP contribution in [0.2, 0.25) is 0 Å². The van der Waals surface area contributed by atoms with E-state index in [2.05, 4.69) is 4.90 Å². The lowest BCUT2D eigenvalue weighted by molar-refractivity contribution is -0.142. The number of carboxylic acids is 1. The van der Waals surface area contributed by atoms with Crippen molar-refractivity contribution < 1.29 is 28.9 Å². The molecule has 1 heterocycles. The summed E-state index contributed by atoms with van der Waals surface area (Å²) in [6.45, 7) is 5.66. The maximum atomic E-state index is 13.6. The number of nitrogens with zero attached hydrogens (tertiary/aromatic N) is 1. The van der Waals surface area contributed by atoms with E-state index in [9.17, 15) is 28.9 Å². The fraction of sp³-hybridized carbons (Fsp3) is 0.406. The number of halogens is 2. The number of aliphatic hydroxyl groups is 2. The van der Waals surface area contributed by atoms with Gasteiger partial charge in [0.25, 0.3) is 0 Å². The molecule has 5 nitrogen and oxygen atoms in total. The Hall–Kier alpha value is -3.13. The molecule has 208 valence electrons. The van der Waals surface area contributed by atoms with Crippen molar-refractivity contribution in [2.75, 3.05) is 19.6 Å². The molecule has 1 unspecified atom stereocenters. The second kappa shape index (κ2) is 11.9. The van der Waals surface area contributed by atoms with Crippen molar-refractivity contribution in [3.05, 3.63) is 107 Å². The van der Waals surface area contributed by atoms with Crippen molar-refractivity contribution in [2.45, 2.75) is 56.7 Å². The fourth-order valence-electron chi connectivity index (χ4n) is 5.54. The topological polar surface area (TPSA) is 81.0 Å². The molecule has 7 heteroatoms. The minimum atomic E-state index is -1.36. The Labute approximate surface area is 228 Å². The second-order valence-corrected chi connectivity index (χ2v) is 11.1. The Morgan fingerprint density at radius 3 is 1.79 bits per heavy atom. The number of likely N-dealkylation sites (tertiary alicyclic amines) is 1. The lowest BCUT2D eigenvalue weighted by Crippen LogP contribution is -2.44. The summed E-state index contributed by atoms with van der Waals surface area (Å²) in [5.74, 6) is -1.77. The second-order valence-electron chi connectivity index (χ2n) is 11.1. The minimum absolute atomic E-state index is 0.121. The summed E-state index contributed by atoms with van der Waals surface area (Å²) in [6.07, 6.45) is 2.17. The molecule has 0 amide bonds. The van der Waals surface area contributed by atoms with Gasteiger partial charge in [-0.1, -0.05) is 48.5 Å². The Balaban J connectivity index is 1.34. The van der Waals surface area contributed by atoms with Crippen LogP contribution < -0.4 is 0 Å². The van der Waals surface area contributed by atoms with Crippen molar-refractivity contribution in [1.82, 2.24) is 4.90 Å². The zero-order chi connectivity index (χ0) is 28.2. The molecule has 1 saturated heterocycles. The Kier molecular flexibility index (Phi) is 8.84. The predicted molar refractivity (Wildman–Crippen MR) is 146 cm³/mol. The number of aliphatic carboxylic acids is 1. The third kappa shape index (κ3) is 6.38. The van der Waals surface area contributed by atoms with Crippen LogP contribution >= 0.6 is 0 Å². The van der Waals surface area contributed by atoms with E-state index in [0.29, 0.717) is 36.0 Å². The first kappa shape index (κ1) is 28.9. The minimum Gasteiger partial charge on any atom is -0.481 e. The molecule has 0 spiro atoms. The molecule has 0 aromatic heterocycles. The zero-order valence-corrected chi connectivity index (χ0v) is 22.5. The summed E-state index contributed by atoms with van der Waals surface area (Å²) in [7, 11) is 0. The van der Waals surface area contributed by atoms with Gasteiger partial charge >= 0.3 is 5.97 Å². The number of rotatable bonds is 10. The Bertz CT molecular complexity index is 1190. The van der Waals surface area contributed by atoms with E-state index in [4.69, 9.17) is 0 Å². The molecule has 1 fully saturated rings. The standard InChI is InChI=1S/C32H37F2NO4/c1-31(2,30(37)38)23-7-5-22(6-8-23)29(36)4-3-19-35-20-17-26(18-21-35)32(39,24-9-13-27(33)14-10-24)25-11-15-28(34)16-12-25/h5-16,26,29,36,39H,3-4,17-21H2,1-2H3,(H,37,38). The summed E-state index contributed by atoms with van der Waals surface area (Å²) in [5, 5.41) is 32.1. The molecule has 0 radical (unpaired) electrons. The number of carbonyl (C=O) groups is 1. The van der Waals surface area contributed by atoms with Gasteiger partial charge in [0, 0.05) is 0 Å². The molecule has 0 saturated carbocycles. The van der Waals surface area contributed by atoms with Gasteiger partial charge in [-0.2, -0.15) is 0 Å². The smallest absolute Gasteiger partial charge is 0.313 e. The molecule has 39 heavy (non-hydrogen) atoms. The Morgan fingerprint density at radius 2 is 1.33 bits per heavy atom. The van der Waals surface area contributed by atoms with Crippen LogP contribution in [0.3, 0.4) is 0 Å². The van der Waals surface area contributed by atoms with E-state index in [-0.39, 0.29) is 17.6 Å². The van der Waals surface area contributed by atoms with Gasteiger partial charge in [0.1, 0.15) is 17.2 Å². The van der Waals surface area contributed by atoms with Crippen LogP contribution in [0.4, 0.5) is 8.78 Å². The molecule has 0 bridgehead atoms. The maximum absolute atomic E-state index is 13.6. The van der Waals surface area contributed by atoms with E-state index >= 15 is 0 Å². The molecular weight excluding hydrogens is 500 g/mol. The van der Waals surface area contributed by atoms with E-state index in [1.165, 1.54) is 24.3 Å². The molecule has 1 aliphatic rings. The number of benzene rings is 3. The fourth-order valence-corrected chi connectivity index (χ4v) is 5.54. The maximum Gasteiger partial charge on any atom is 0.313 e. The van der Waals surface area contributed by atoms with E-state index in [0.717, 1.165) is 31.6 Å². The first-order valence-electron chi connectivity index (χ1n) is 13.5. The van der Waals surface area contributed by atoms with Crippen molar-refractivity contribution in [3.63, 3.8) is 0 Å². The van der Waals surface area contributed by atoms with Crippen LogP contribution in [-0.4, -0.2) is 45.8 Å². The average Bonchev–Trinajstić information content (AvgIpc) is 2.93. The van der Waals surface area contributed by atoms with Crippen molar-refractivity contribution in [2.24, 2.45) is 5.92 Å². The highest BCUT2D eigenvalue weighted by atomic mass is 19.1. The van der Waals surface area contributed by atoms with Crippen molar-refractivity contribution >= 4 is 5.97 Å². The van der Waals surface area contributed by atoms with Gasteiger partial charge in [-0.15, -0.1) is 0 Å². The van der Waals surface area contributed by atoms with Crippen molar-refractivity contribution in [1.29, 1.82) is 0 Å². The zero-order valence-electron chi connectivity index (χ0n) is 22.5. The van der Waals surface area contributed by atoms with Crippen LogP contribution in [0, 0.1) is 17.6 Å². The lowest BCUT2D eigenvalue weighted by atomic mass is 9.72. The monoisotopic (exact) mass is 537 g/mol. The summed E-state index contributed by atoms with van der Waals surface area (Å²) < 4.78 is 27.2. The summed E-state index contributed by atoms with van der Waals surface area (Å²) in [4.78, 5) is 13.8. The summed E-state index contributed by atoms with van der Waals surface area (Å²) in [6, 6.07) is 18.9. The molecular formula is C32H37F2NO4. The predicted octanol–water partition coefficient (Wildman–Crippen LogP) is 5.79. The first-order valence-corrected chi connectivity index (χ1v) is 13.5. The number of hydrogen-bond donors (Lipinski definition) is 3. The van der Waals surface area contributed by atoms with E-state index in [1.807, 2.05) is 0 Å². The number of aliphatic hydroxyl groups excluding tert-OH is 1. The van der Waals surface area contributed by atoms with E-state index in [1.54, 1.807) is 62.4 Å². The third-order valence-electron chi connectivity index (χ3n) is 8.25. The number of carboxylic acid groups (broad SMARTS) is 1. The van der Waals surface area contributed by atoms with E-state index < -0.39 is 23.1 Å². The first-order chi connectivity index (χ1) is 18.5. The van der Waals surface area contributed by atoms with Crippen LogP contribution in [0.25, 0.3) is 0 Å². The van der Waals surface area contributed by atoms with Crippen LogP contribution in [0.15, 0.2) is 72.8 Å². The van der Waals surface area contributed by atoms with Gasteiger partial charge < -0.3 is 20.2 Å². The highest BCUT2D eigenvalue weighted by molar-refractivity contribution is 5.80. The molecule has 0 aliphatic carbocycles. The SMILES string of the molecule is CC(C)(C(=O)O)c1ccc(C(O)CCCN2CCC(C(O)(c3ccc(F)cc3)c3ccc(F)cc3)CC2)cc1. The van der Waals surface area contributed by atoms with Crippen molar-refractivity contribution in [3.8, 4) is 0 Å². The molecule has 3 aromatic carbocycles. The molecule has 1 atom stereocenters. The number of piperidine rings is 1. The molecule has 3 N–H and O–H groups in total. The normalized spacial score (nSPS) is 16.3. The van der Waals surface area contributed by atoms with Crippen LogP contribution in [-0.2, 0) is 15.8 Å². The largest absolute Gasteiger partial charge is 0.481 e. The van der Waals surface area contributed by atoms with Crippen LogP contribution in [0.5, 0.6) is 0 Å². The average molecular weight is 538 g/mol. The van der Waals surface area contributed by atoms with Gasteiger partial charge in [0.05, 0.1) is 11.5 Å². The van der Waals surface area contributed by atoms with Gasteiger partial charge in [0.2, 0.25) is 0 Å². The van der Waals surface area contributed by atoms with Gasteiger partial charge in [-0.05, 0) is 112 Å². The summed E-state index contributed by atoms with van der Waals surface area (Å²) >= 11 is 0. The highest BCUT2D eigenvalue weighted by Gasteiger charge is 2.41. The van der Waals surface area contributed by atoms with Crippen LogP contribution in [0.1, 0.15) is 67.9 Å².